The summed E-state index contributed by atoms with van der Waals surface area (Å²) in [5, 5.41) is 0.269. The first-order valence-electron chi connectivity index (χ1n) is 6.65. The molecule has 2 atom stereocenters. The molecule has 1 aromatic carbocycles. The van der Waals surface area contributed by atoms with Crippen molar-refractivity contribution in [2.24, 2.45) is 0 Å². The third-order valence-corrected chi connectivity index (χ3v) is 7.27. The van der Waals surface area contributed by atoms with Crippen LogP contribution in [0, 0.1) is 5.82 Å². The third-order valence-electron chi connectivity index (χ3n) is 3.65. The number of thioether (sulfide) groups is 1. The van der Waals surface area contributed by atoms with E-state index in [-0.39, 0.29) is 26.3 Å². The fourth-order valence-corrected chi connectivity index (χ4v) is 5.91. The lowest BCUT2D eigenvalue weighted by atomic mass is 9.96. The molecule has 0 saturated heterocycles. The van der Waals surface area contributed by atoms with Gasteiger partial charge >= 0.3 is 0 Å². The molecule has 0 aliphatic heterocycles. The predicted octanol–water partition coefficient (Wildman–Crippen LogP) is 3.12. The second-order valence-electron chi connectivity index (χ2n) is 5.09. The van der Waals surface area contributed by atoms with Gasteiger partial charge in [-0.2, -0.15) is 11.8 Å². The minimum atomic E-state index is -3.73. The van der Waals surface area contributed by atoms with E-state index in [1.807, 2.05) is 6.26 Å². The van der Waals surface area contributed by atoms with Crippen molar-refractivity contribution in [3.8, 4) is 0 Å². The van der Waals surface area contributed by atoms with E-state index >= 15 is 0 Å². The Bertz CT molecular complexity index is 625. The predicted molar refractivity (Wildman–Crippen MR) is 88.4 cm³/mol. The lowest BCUT2D eigenvalue weighted by Gasteiger charge is -2.30. The molecule has 1 saturated carbocycles. The highest BCUT2D eigenvalue weighted by molar-refractivity contribution is 9.10. The van der Waals surface area contributed by atoms with Crippen LogP contribution in [0.3, 0.4) is 0 Å². The summed E-state index contributed by atoms with van der Waals surface area (Å²) in [5.74, 6) is -0.638. The number of anilines is 1. The van der Waals surface area contributed by atoms with Crippen molar-refractivity contribution in [3.63, 3.8) is 0 Å². The average Bonchev–Trinajstić information content (AvgIpc) is 2.43. The topological polar surface area (TPSA) is 72.2 Å². The number of sulfonamides is 1. The molecule has 118 valence electrons. The van der Waals surface area contributed by atoms with E-state index in [1.54, 1.807) is 11.8 Å². The van der Waals surface area contributed by atoms with Gasteiger partial charge in [0, 0.05) is 15.8 Å². The van der Waals surface area contributed by atoms with Crippen LogP contribution >= 0.6 is 27.7 Å². The van der Waals surface area contributed by atoms with E-state index in [4.69, 9.17) is 5.73 Å². The molecule has 0 radical (unpaired) electrons. The Balaban J connectivity index is 2.28. The van der Waals surface area contributed by atoms with E-state index in [0.717, 1.165) is 37.8 Å². The smallest absolute Gasteiger partial charge is 0.242 e. The van der Waals surface area contributed by atoms with Gasteiger partial charge in [-0.15, -0.1) is 0 Å². The van der Waals surface area contributed by atoms with Crippen LogP contribution in [0.25, 0.3) is 0 Å². The highest BCUT2D eigenvalue weighted by Gasteiger charge is 2.30. The molecule has 1 aliphatic carbocycles. The maximum absolute atomic E-state index is 13.3. The number of nitrogens with one attached hydrogen (secondary N) is 1. The van der Waals surface area contributed by atoms with Crippen molar-refractivity contribution in [2.45, 2.75) is 41.9 Å². The molecule has 0 amide bonds. The number of halogens is 2. The van der Waals surface area contributed by atoms with Crippen LogP contribution in [0.1, 0.15) is 25.7 Å². The molecular formula is C13H18BrFN2O2S2. The van der Waals surface area contributed by atoms with Crippen molar-refractivity contribution in [1.29, 1.82) is 0 Å². The number of nitrogen functional groups attached to an aromatic ring is 1. The van der Waals surface area contributed by atoms with Gasteiger partial charge in [-0.1, -0.05) is 12.8 Å². The van der Waals surface area contributed by atoms with Gasteiger partial charge in [-0.3, -0.25) is 0 Å². The molecule has 0 bridgehead atoms. The summed E-state index contributed by atoms with van der Waals surface area (Å²) in [6.07, 6.45) is 5.94. The Morgan fingerprint density at radius 2 is 2.05 bits per heavy atom. The molecule has 0 heterocycles. The molecule has 3 N–H and O–H groups in total. The van der Waals surface area contributed by atoms with Crippen molar-refractivity contribution in [1.82, 2.24) is 4.72 Å². The summed E-state index contributed by atoms with van der Waals surface area (Å²) < 4.78 is 41.3. The Labute approximate surface area is 137 Å². The first-order chi connectivity index (χ1) is 9.85. The van der Waals surface area contributed by atoms with Gasteiger partial charge < -0.3 is 5.73 Å². The maximum atomic E-state index is 13.3. The molecule has 21 heavy (non-hydrogen) atoms. The second kappa shape index (κ2) is 6.85. The highest BCUT2D eigenvalue weighted by atomic mass is 79.9. The van der Waals surface area contributed by atoms with Gasteiger partial charge in [0.15, 0.2) is 0 Å². The summed E-state index contributed by atoms with van der Waals surface area (Å²) in [4.78, 5) is -0.0215. The molecule has 1 aromatic rings. The highest BCUT2D eigenvalue weighted by Crippen LogP contribution is 2.31. The largest absolute Gasteiger partial charge is 0.396 e. The molecule has 0 spiro atoms. The molecule has 8 heteroatoms. The molecule has 4 nitrogen and oxygen atoms in total. The van der Waals surface area contributed by atoms with Gasteiger partial charge in [-0.05, 0) is 47.2 Å². The summed E-state index contributed by atoms with van der Waals surface area (Å²) in [5.41, 5.74) is 5.30. The zero-order valence-corrected chi connectivity index (χ0v) is 14.8. The Kier molecular flexibility index (Phi) is 5.56. The number of benzene rings is 1. The lowest BCUT2D eigenvalue weighted by molar-refractivity contribution is 0.423. The first-order valence-corrected chi connectivity index (χ1v) is 10.2. The van der Waals surface area contributed by atoms with E-state index in [9.17, 15) is 12.8 Å². The molecule has 2 unspecified atom stereocenters. The number of nitrogens with two attached hydrogens (primary N) is 1. The molecule has 0 aromatic heterocycles. The normalized spacial score (nSPS) is 23.2. The zero-order chi connectivity index (χ0) is 15.6. The van der Waals surface area contributed by atoms with Crippen LogP contribution in [0.15, 0.2) is 21.5 Å². The third kappa shape index (κ3) is 3.91. The van der Waals surface area contributed by atoms with Gasteiger partial charge in [0.2, 0.25) is 10.0 Å². The lowest BCUT2D eigenvalue weighted by Crippen LogP contribution is -2.43. The van der Waals surface area contributed by atoms with Crippen LogP contribution in [0.5, 0.6) is 0 Å². The van der Waals surface area contributed by atoms with Crippen molar-refractivity contribution >= 4 is 43.4 Å². The number of hydrogen-bond donors (Lipinski definition) is 2. The molecule has 1 aliphatic rings. The average molecular weight is 397 g/mol. The Hall–Kier alpha value is -0.310. The number of rotatable bonds is 4. The minimum absolute atomic E-state index is 0.0215. The van der Waals surface area contributed by atoms with Gasteiger partial charge in [0.05, 0.1) is 10.6 Å². The van der Waals surface area contributed by atoms with Crippen LogP contribution < -0.4 is 10.5 Å². The second-order valence-corrected chi connectivity index (χ2v) is 8.70. The van der Waals surface area contributed by atoms with Crippen LogP contribution in [0.2, 0.25) is 0 Å². The van der Waals surface area contributed by atoms with Crippen LogP contribution in [-0.2, 0) is 10.0 Å². The standard InChI is InChI=1S/C13H18BrFN2O2S2/c1-20-12-5-3-2-4-11(12)17-21(18,19)13-7-10(16)9(15)6-8(13)14/h6-7,11-12,17H,2-5,16H2,1H3. The van der Waals surface area contributed by atoms with Crippen molar-refractivity contribution in [2.75, 3.05) is 12.0 Å². The van der Waals surface area contributed by atoms with E-state index in [0.29, 0.717) is 0 Å². The van der Waals surface area contributed by atoms with E-state index < -0.39 is 15.8 Å². The quantitative estimate of drug-likeness (QED) is 0.766. The van der Waals surface area contributed by atoms with Crippen LogP contribution in [0.4, 0.5) is 10.1 Å². The van der Waals surface area contributed by atoms with Crippen molar-refractivity contribution < 1.29 is 12.8 Å². The maximum Gasteiger partial charge on any atom is 0.242 e. The Morgan fingerprint density at radius 3 is 2.71 bits per heavy atom. The van der Waals surface area contributed by atoms with Crippen LogP contribution in [-0.4, -0.2) is 26.0 Å². The molecule has 2 rings (SSSR count). The first kappa shape index (κ1) is 17.1. The Morgan fingerprint density at radius 1 is 1.38 bits per heavy atom. The summed E-state index contributed by atoms with van der Waals surface area (Å²) >= 11 is 4.77. The fraction of sp³-hybridized carbons (Fsp3) is 0.538. The van der Waals surface area contributed by atoms with Gasteiger partial charge in [0.1, 0.15) is 5.82 Å². The monoisotopic (exact) mass is 396 g/mol. The van der Waals surface area contributed by atoms with Gasteiger partial charge in [-0.25, -0.2) is 17.5 Å². The number of hydrogen-bond acceptors (Lipinski definition) is 4. The SMILES string of the molecule is CSC1CCCCC1NS(=O)(=O)c1cc(N)c(F)cc1Br. The zero-order valence-electron chi connectivity index (χ0n) is 11.6. The van der Waals surface area contributed by atoms with E-state index in [1.165, 1.54) is 0 Å². The summed E-state index contributed by atoms with van der Waals surface area (Å²) in [6, 6.07) is 2.13. The summed E-state index contributed by atoms with van der Waals surface area (Å²) in [7, 11) is -3.73. The minimum Gasteiger partial charge on any atom is -0.396 e. The summed E-state index contributed by atoms with van der Waals surface area (Å²) in [6.45, 7) is 0. The molecular weight excluding hydrogens is 379 g/mol. The van der Waals surface area contributed by atoms with Crippen molar-refractivity contribution in [3.05, 3.63) is 22.4 Å². The molecule has 1 fully saturated rings. The van der Waals surface area contributed by atoms with Gasteiger partial charge in [0.25, 0.3) is 0 Å². The van der Waals surface area contributed by atoms with E-state index in [2.05, 4.69) is 20.7 Å². The fourth-order valence-electron chi connectivity index (χ4n) is 2.53.